The van der Waals surface area contributed by atoms with Crippen molar-refractivity contribution >= 4 is 23.5 Å². The van der Waals surface area contributed by atoms with Crippen LogP contribution in [-0.4, -0.2) is 44.5 Å². The van der Waals surface area contributed by atoms with Gasteiger partial charge in [0.15, 0.2) is 0 Å². The maximum Gasteiger partial charge on any atom is 0.404 e. The number of nitrogens with zero attached hydrogens (tertiary/aromatic N) is 4. The molecule has 0 spiro atoms. The molecule has 2 atom stereocenters. The second-order valence-corrected chi connectivity index (χ2v) is 8.24. The highest BCUT2D eigenvalue weighted by Crippen LogP contribution is 2.40. The van der Waals surface area contributed by atoms with Gasteiger partial charge in [-0.3, -0.25) is 9.48 Å². The lowest BCUT2D eigenvalue weighted by atomic mass is 9.89. The van der Waals surface area contributed by atoms with E-state index in [1.807, 2.05) is 52.3 Å². The summed E-state index contributed by atoms with van der Waals surface area (Å²) in [6.45, 7) is 4.66. The molecule has 1 aromatic carbocycles. The topological polar surface area (TPSA) is 112 Å². The van der Waals surface area contributed by atoms with Gasteiger partial charge in [0, 0.05) is 49.7 Å². The van der Waals surface area contributed by atoms with Crippen molar-refractivity contribution in [1.29, 1.82) is 0 Å². The number of hydrogen-bond donors (Lipinski definition) is 3. The number of anilines is 2. The molecule has 9 heteroatoms. The third kappa shape index (κ3) is 5.14. The summed E-state index contributed by atoms with van der Waals surface area (Å²) < 4.78 is 1.81. The Morgan fingerprint density at radius 2 is 2.06 bits per heavy atom. The van der Waals surface area contributed by atoms with E-state index in [4.69, 9.17) is 5.11 Å². The number of carboxylic acid groups (broad SMARTS) is 1. The highest BCUT2D eigenvalue weighted by molar-refractivity contribution is 5.94. The van der Waals surface area contributed by atoms with Crippen LogP contribution < -0.4 is 15.5 Å². The SMILES string of the molecule is CC(=O)N1c2ccc(-c3cnn(CCCNC(=O)O)c3)cc2[C@H](Nc2ccccn2)C[C@@H]1C. The van der Waals surface area contributed by atoms with Gasteiger partial charge in [0.25, 0.3) is 0 Å². The second kappa shape index (κ2) is 9.72. The van der Waals surface area contributed by atoms with Crippen molar-refractivity contribution < 1.29 is 14.7 Å². The number of benzene rings is 1. The molecule has 0 unspecified atom stereocenters. The summed E-state index contributed by atoms with van der Waals surface area (Å²) in [5.41, 5.74) is 3.93. The lowest BCUT2D eigenvalue weighted by molar-refractivity contribution is -0.117. The van der Waals surface area contributed by atoms with Gasteiger partial charge < -0.3 is 20.6 Å². The van der Waals surface area contributed by atoms with E-state index in [-0.39, 0.29) is 18.0 Å². The number of fused-ring (bicyclic) bond motifs is 1. The molecule has 3 heterocycles. The fraction of sp³-hybridized carbons (Fsp3) is 0.333. The molecule has 0 aliphatic carbocycles. The van der Waals surface area contributed by atoms with Gasteiger partial charge in [-0.1, -0.05) is 12.1 Å². The number of carbonyl (C=O) groups excluding carboxylic acids is 1. The summed E-state index contributed by atoms with van der Waals surface area (Å²) in [6, 6.07) is 12.0. The number of aryl methyl sites for hydroxylation is 1. The predicted molar refractivity (Wildman–Crippen MR) is 126 cm³/mol. The van der Waals surface area contributed by atoms with E-state index in [1.54, 1.807) is 13.1 Å². The standard InChI is InChI=1S/C24H28N6O3/c1-16-12-21(28-23-6-3-4-9-25-23)20-13-18(7-8-22(20)30(16)17(2)31)19-14-27-29(15-19)11-5-10-26-24(32)33/h3-4,6-9,13-16,21,26H,5,10-12H2,1-2H3,(H,25,28)(H,32,33)/t16-,21+/m0/s1. The molecule has 0 bridgehead atoms. The average molecular weight is 449 g/mol. The monoisotopic (exact) mass is 448 g/mol. The molecular weight excluding hydrogens is 420 g/mol. The number of rotatable bonds is 7. The summed E-state index contributed by atoms with van der Waals surface area (Å²) in [6.07, 6.45) is 5.92. The molecule has 1 aliphatic heterocycles. The Kier molecular flexibility index (Phi) is 6.58. The number of nitrogens with one attached hydrogen (secondary N) is 2. The van der Waals surface area contributed by atoms with Gasteiger partial charge in [-0.2, -0.15) is 5.10 Å². The number of aromatic nitrogens is 3. The largest absolute Gasteiger partial charge is 0.465 e. The van der Waals surface area contributed by atoms with Crippen molar-refractivity contribution in [2.75, 3.05) is 16.8 Å². The zero-order valence-corrected chi connectivity index (χ0v) is 18.7. The van der Waals surface area contributed by atoms with E-state index >= 15 is 0 Å². The van der Waals surface area contributed by atoms with Crippen LogP contribution >= 0.6 is 0 Å². The van der Waals surface area contributed by atoms with E-state index in [0.29, 0.717) is 19.5 Å². The van der Waals surface area contributed by atoms with Gasteiger partial charge in [0.1, 0.15) is 5.82 Å². The molecule has 172 valence electrons. The first-order valence-electron chi connectivity index (χ1n) is 11.0. The highest BCUT2D eigenvalue weighted by Gasteiger charge is 2.32. The Hall–Kier alpha value is -3.88. The van der Waals surface area contributed by atoms with E-state index in [1.165, 1.54) is 0 Å². The third-order valence-electron chi connectivity index (χ3n) is 5.81. The maximum atomic E-state index is 12.4. The minimum atomic E-state index is -1.02. The zero-order valence-electron chi connectivity index (χ0n) is 18.7. The van der Waals surface area contributed by atoms with Crippen molar-refractivity contribution in [1.82, 2.24) is 20.1 Å². The maximum absolute atomic E-state index is 12.4. The predicted octanol–water partition coefficient (Wildman–Crippen LogP) is 3.90. The second-order valence-electron chi connectivity index (χ2n) is 8.24. The summed E-state index contributed by atoms with van der Waals surface area (Å²) in [4.78, 5) is 29.2. The van der Waals surface area contributed by atoms with Crippen LogP contribution in [0.5, 0.6) is 0 Å². The lowest BCUT2D eigenvalue weighted by Gasteiger charge is -2.39. The average Bonchev–Trinajstić information content (AvgIpc) is 3.26. The molecule has 0 fully saturated rings. The molecule has 1 aliphatic rings. The van der Waals surface area contributed by atoms with Crippen LogP contribution in [0.3, 0.4) is 0 Å². The molecule has 2 aromatic heterocycles. The summed E-state index contributed by atoms with van der Waals surface area (Å²) in [5, 5.41) is 19.0. The van der Waals surface area contributed by atoms with E-state index < -0.39 is 6.09 Å². The Bertz CT molecular complexity index is 1130. The summed E-state index contributed by atoms with van der Waals surface area (Å²) in [5.74, 6) is 0.820. The normalized spacial score (nSPS) is 17.3. The molecule has 2 amide bonds. The summed E-state index contributed by atoms with van der Waals surface area (Å²) in [7, 11) is 0. The van der Waals surface area contributed by atoms with Gasteiger partial charge in [0.2, 0.25) is 5.91 Å². The van der Waals surface area contributed by atoms with Gasteiger partial charge >= 0.3 is 6.09 Å². The lowest BCUT2D eigenvalue weighted by Crippen LogP contribution is -2.43. The van der Waals surface area contributed by atoms with Crippen LogP contribution in [0, 0.1) is 0 Å². The van der Waals surface area contributed by atoms with E-state index in [2.05, 4.69) is 33.7 Å². The molecule has 0 radical (unpaired) electrons. The molecule has 0 saturated carbocycles. The van der Waals surface area contributed by atoms with Crippen LogP contribution in [-0.2, 0) is 11.3 Å². The number of amides is 2. The van der Waals surface area contributed by atoms with Crippen molar-refractivity contribution in [3.05, 3.63) is 60.6 Å². The van der Waals surface area contributed by atoms with Crippen molar-refractivity contribution in [3.63, 3.8) is 0 Å². The quantitative estimate of drug-likeness (QED) is 0.473. The Balaban J connectivity index is 1.60. The first kappa shape index (κ1) is 22.3. The Morgan fingerprint density at radius 3 is 2.79 bits per heavy atom. The number of hydrogen-bond acceptors (Lipinski definition) is 5. The van der Waals surface area contributed by atoms with Crippen LogP contribution in [0.4, 0.5) is 16.3 Å². The number of carbonyl (C=O) groups is 2. The smallest absolute Gasteiger partial charge is 0.404 e. The van der Waals surface area contributed by atoms with Gasteiger partial charge in [-0.05, 0) is 55.2 Å². The molecule has 3 aromatic rings. The molecule has 0 saturated heterocycles. The van der Waals surface area contributed by atoms with E-state index in [0.717, 1.165) is 34.6 Å². The molecule has 9 nitrogen and oxygen atoms in total. The summed E-state index contributed by atoms with van der Waals surface area (Å²) >= 11 is 0. The third-order valence-corrected chi connectivity index (χ3v) is 5.81. The minimum Gasteiger partial charge on any atom is -0.465 e. The van der Waals surface area contributed by atoms with Crippen LogP contribution in [0.1, 0.15) is 38.3 Å². The Morgan fingerprint density at radius 1 is 1.21 bits per heavy atom. The molecule has 33 heavy (non-hydrogen) atoms. The van der Waals surface area contributed by atoms with Gasteiger partial charge in [-0.15, -0.1) is 0 Å². The highest BCUT2D eigenvalue weighted by atomic mass is 16.4. The molecule has 3 N–H and O–H groups in total. The van der Waals surface area contributed by atoms with Crippen LogP contribution in [0.15, 0.2) is 55.0 Å². The minimum absolute atomic E-state index is 0.0117. The zero-order chi connectivity index (χ0) is 23.4. The molecular formula is C24H28N6O3. The van der Waals surface area contributed by atoms with Crippen LogP contribution in [0.25, 0.3) is 11.1 Å². The van der Waals surface area contributed by atoms with Gasteiger partial charge in [0.05, 0.1) is 12.2 Å². The Labute approximate surface area is 192 Å². The van der Waals surface area contributed by atoms with Crippen molar-refractivity contribution in [2.24, 2.45) is 0 Å². The van der Waals surface area contributed by atoms with Gasteiger partial charge in [-0.25, -0.2) is 9.78 Å². The first-order chi connectivity index (χ1) is 15.9. The fourth-order valence-corrected chi connectivity index (χ4v) is 4.36. The van der Waals surface area contributed by atoms with Crippen LogP contribution in [0.2, 0.25) is 0 Å². The number of pyridine rings is 1. The van der Waals surface area contributed by atoms with Crippen molar-refractivity contribution in [2.45, 2.75) is 45.3 Å². The van der Waals surface area contributed by atoms with E-state index in [9.17, 15) is 9.59 Å². The first-order valence-corrected chi connectivity index (χ1v) is 11.0. The van der Waals surface area contributed by atoms with Crippen molar-refractivity contribution in [3.8, 4) is 11.1 Å². The molecule has 4 rings (SSSR count). The fourth-order valence-electron chi connectivity index (χ4n) is 4.36.